The second-order valence-corrected chi connectivity index (χ2v) is 8.66. The zero-order valence-electron chi connectivity index (χ0n) is 19.3. The first-order valence-electron chi connectivity index (χ1n) is 11.0. The van der Waals surface area contributed by atoms with Gasteiger partial charge in [0.1, 0.15) is 54.9 Å². The SMILES string of the molecule is COC1C(C(=O)O)OC(OC2C(C(=O)O)OC(OC3C(C(=O)O)OC(O)C(O)C3O)C(O)C2O)C(O)C1O. The molecule has 3 heterocycles. The average Bonchev–Trinajstić information content (AvgIpc) is 2.85. The van der Waals surface area contributed by atoms with Gasteiger partial charge in [-0.15, -0.1) is 0 Å². The number of ether oxygens (including phenoxy) is 6. The molecule has 0 saturated carbocycles. The zero-order valence-corrected chi connectivity index (χ0v) is 19.3. The van der Waals surface area contributed by atoms with Gasteiger partial charge in [0, 0.05) is 7.11 Å². The van der Waals surface area contributed by atoms with Crippen LogP contribution < -0.4 is 0 Å². The van der Waals surface area contributed by atoms with Crippen LogP contribution in [0.2, 0.25) is 0 Å². The van der Waals surface area contributed by atoms with Crippen LogP contribution in [0, 0.1) is 0 Å². The van der Waals surface area contributed by atoms with Crippen molar-refractivity contribution in [1.29, 1.82) is 0 Å². The largest absolute Gasteiger partial charge is 0.479 e. The van der Waals surface area contributed by atoms with E-state index in [1.807, 2.05) is 0 Å². The van der Waals surface area contributed by atoms with E-state index in [0.29, 0.717) is 0 Å². The van der Waals surface area contributed by atoms with Crippen LogP contribution in [-0.4, -0.2) is 168 Å². The third-order valence-corrected chi connectivity index (χ3v) is 6.24. The minimum Gasteiger partial charge on any atom is -0.479 e. The van der Waals surface area contributed by atoms with Crippen LogP contribution in [0.4, 0.5) is 0 Å². The quantitative estimate of drug-likeness (QED) is 0.132. The lowest BCUT2D eigenvalue weighted by atomic mass is 9.95. The fraction of sp³-hybridized carbons (Fsp3) is 0.842. The molecule has 0 spiro atoms. The van der Waals surface area contributed by atoms with Gasteiger partial charge in [0.15, 0.2) is 37.2 Å². The summed E-state index contributed by atoms with van der Waals surface area (Å²) in [5, 5.41) is 99.4. The number of carbonyl (C=O) groups is 3. The average molecular weight is 560 g/mol. The molecule has 0 bridgehead atoms. The maximum Gasteiger partial charge on any atom is 0.335 e. The van der Waals surface area contributed by atoms with Crippen LogP contribution in [0.3, 0.4) is 0 Å². The van der Waals surface area contributed by atoms with Gasteiger partial charge >= 0.3 is 17.9 Å². The first kappa shape index (κ1) is 30.4. The molecule has 0 amide bonds. The minimum absolute atomic E-state index is 1.03. The van der Waals surface area contributed by atoms with E-state index in [-0.39, 0.29) is 0 Å². The van der Waals surface area contributed by atoms with Gasteiger partial charge in [-0.1, -0.05) is 0 Å². The molecule has 10 N–H and O–H groups in total. The molecule has 15 atom stereocenters. The fourth-order valence-corrected chi connectivity index (χ4v) is 4.22. The Hall–Kier alpha value is -2.11. The predicted molar refractivity (Wildman–Crippen MR) is 108 cm³/mol. The molecule has 19 heteroatoms. The lowest BCUT2D eigenvalue weighted by Gasteiger charge is -2.46. The molecule has 0 aromatic heterocycles. The van der Waals surface area contributed by atoms with E-state index in [9.17, 15) is 65.4 Å². The third kappa shape index (κ3) is 5.74. The summed E-state index contributed by atoms with van der Waals surface area (Å²) in [6, 6.07) is 0. The van der Waals surface area contributed by atoms with E-state index in [1.165, 1.54) is 0 Å². The molecule has 38 heavy (non-hydrogen) atoms. The highest BCUT2D eigenvalue weighted by molar-refractivity contribution is 5.74. The predicted octanol–water partition coefficient (Wildman–Crippen LogP) is -6.64. The lowest BCUT2D eigenvalue weighted by molar-refractivity contribution is -0.368. The van der Waals surface area contributed by atoms with E-state index in [1.54, 1.807) is 0 Å². The number of aliphatic hydroxyl groups excluding tert-OH is 7. The van der Waals surface area contributed by atoms with E-state index >= 15 is 0 Å². The summed E-state index contributed by atoms with van der Waals surface area (Å²) >= 11 is 0. The summed E-state index contributed by atoms with van der Waals surface area (Å²) in [5.74, 6) is -5.28. The number of rotatable bonds is 8. The van der Waals surface area contributed by atoms with Crippen molar-refractivity contribution < 1.29 is 93.9 Å². The van der Waals surface area contributed by atoms with Gasteiger partial charge in [-0.2, -0.15) is 0 Å². The van der Waals surface area contributed by atoms with Crippen molar-refractivity contribution in [3.05, 3.63) is 0 Å². The lowest BCUT2D eigenvalue weighted by Crippen LogP contribution is -2.67. The van der Waals surface area contributed by atoms with Crippen molar-refractivity contribution in [3.63, 3.8) is 0 Å². The van der Waals surface area contributed by atoms with Crippen LogP contribution in [0.1, 0.15) is 0 Å². The normalized spacial score (nSPS) is 47.8. The zero-order chi connectivity index (χ0) is 28.6. The van der Waals surface area contributed by atoms with Gasteiger partial charge in [-0.3, -0.25) is 0 Å². The van der Waals surface area contributed by atoms with E-state index in [2.05, 4.69) is 4.74 Å². The van der Waals surface area contributed by atoms with Crippen LogP contribution in [0.25, 0.3) is 0 Å². The molecule has 0 aliphatic carbocycles. The van der Waals surface area contributed by atoms with E-state index in [0.717, 1.165) is 7.11 Å². The fourth-order valence-electron chi connectivity index (χ4n) is 4.22. The maximum atomic E-state index is 11.9. The monoisotopic (exact) mass is 560 g/mol. The Morgan fingerprint density at radius 2 is 0.868 bits per heavy atom. The highest BCUT2D eigenvalue weighted by atomic mass is 16.8. The van der Waals surface area contributed by atoms with Gasteiger partial charge in [0.05, 0.1) is 0 Å². The summed E-state index contributed by atoms with van der Waals surface area (Å²) in [6.45, 7) is 0. The van der Waals surface area contributed by atoms with Crippen molar-refractivity contribution in [2.45, 2.75) is 92.1 Å². The Labute approximate surface area is 211 Å². The number of hydrogen-bond acceptors (Lipinski definition) is 16. The van der Waals surface area contributed by atoms with Crippen molar-refractivity contribution in [2.75, 3.05) is 7.11 Å². The standard InChI is InChI=1S/C19H28O19/c1-33-8-3(21)6(24)18(37-11(8)14(26)27)36-10-4(22)7(25)19(38-13(10)16(30)31)35-9-2(20)5(23)17(32)34-12(9)15(28)29/h2-13,17-25,32H,1H3,(H,26,27)(H,28,29)(H,30,31). The molecule has 0 aromatic carbocycles. The Kier molecular flexibility index (Phi) is 9.58. The molecule has 218 valence electrons. The van der Waals surface area contributed by atoms with Gasteiger partial charge in [0.2, 0.25) is 0 Å². The van der Waals surface area contributed by atoms with Crippen LogP contribution >= 0.6 is 0 Å². The molecular formula is C19H28O19. The summed E-state index contributed by atoms with van der Waals surface area (Å²) in [7, 11) is 1.03. The summed E-state index contributed by atoms with van der Waals surface area (Å²) in [5.41, 5.74) is 0. The van der Waals surface area contributed by atoms with Crippen LogP contribution in [0.15, 0.2) is 0 Å². The second-order valence-electron chi connectivity index (χ2n) is 8.66. The first-order valence-corrected chi connectivity index (χ1v) is 11.0. The van der Waals surface area contributed by atoms with Crippen LogP contribution in [0.5, 0.6) is 0 Å². The van der Waals surface area contributed by atoms with Gasteiger partial charge in [0.25, 0.3) is 0 Å². The summed E-state index contributed by atoms with van der Waals surface area (Å²) in [6.07, 6.45) is -31.1. The molecule has 0 aromatic rings. The molecule has 19 nitrogen and oxygen atoms in total. The third-order valence-electron chi connectivity index (χ3n) is 6.24. The summed E-state index contributed by atoms with van der Waals surface area (Å²) < 4.78 is 30.1. The number of carboxylic acid groups (broad SMARTS) is 3. The minimum atomic E-state index is -2.26. The van der Waals surface area contributed by atoms with Crippen molar-refractivity contribution in [3.8, 4) is 0 Å². The van der Waals surface area contributed by atoms with Gasteiger partial charge < -0.3 is 79.5 Å². The second kappa shape index (κ2) is 12.0. The highest BCUT2D eigenvalue weighted by Gasteiger charge is 2.56. The molecule has 3 saturated heterocycles. The molecule has 3 rings (SSSR count). The van der Waals surface area contributed by atoms with Crippen LogP contribution in [-0.2, 0) is 42.8 Å². The topological polar surface area (TPSA) is 309 Å². The molecule has 0 radical (unpaired) electrons. The van der Waals surface area contributed by atoms with E-state index in [4.69, 9.17) is 23.7 Å². The Balaban J connectivity index is 1.81. The van der Waals surface area contributed by atoms with Gasteiger partial charge in [-0.25, -0.2) is 14.4 Å². The number of carboxylic acids is 3. The Bertz CT molecular complexity index is 869. The van der Waals surface area contributed by atoms with E-state index < -0.39 is 110 Å². The first-order chi connectivity index (χ1) is 17.7. The summed E-state index contributed by atoms with van der Waals surface area (Å²) in [4.78, 5) is 34.9. The van der Waals surface area contributed by atoms with Gasteiger partial charge in [-0.05, 0) is 0 Å². The van der Waals surface area contributed by atoms with Crippen molar-refractivity contribution in [1.82, 2.24) is 0 Å². The molecule has 15 unspecified atom stereocenters. The molecule has 3 fully saturated rings. The van der Waals surface area contributed by atoms with Crippen molar-refractivity contribution in [2.24, 2.45) is 0 Å². The number of aliphatic hydroxyl groups is 7. The van der Waals surface area contributed by atoms with Crippen molar-refractivity contribution >= 4 is 17.9 Å². The Morgan fingerprint density at radius 1 is 0.526 bits per heavy atom. The number of hydrogen-bond donors (Lipinski definition) is 10. The molecule has 3 aliphatic heterocycles. The molecular weight excluding hydrogens is 532 g/mol. The number of methoxy groups -OCH3 is 1. The maximum absolute atomic E-state index is 11.9. The number of aliphatic carboxylic acids is 3. The molecule has 3 aliphatic rings. The Morgan fingerprint density at radius 3 is 1.26 bits per heavy atom. The smallest absolute Gasteiger partial charge is 0.335 e. The highest BCUT2D eigenvalue weighted by Crippen LogP contribution is 2.32.